The van der Waals surface area contributed by atoms with Crippen LogP contribution in [0, 0.1) is 11.7 Å². The van der Waals surface area contributed by atoms with Crippen LogP contribution in [0.25, 0.3) is 0 Å². The zero-order chi connectivity index (χ0) is 17.6. The summed E-state index contributed by atoms with van der Waals surface area (Å²) in [6.45, 7) is 2.48. The predicted molar refractivity (Wildman–Crippen MR) is 91.4 cm³/mol. The molecule has 1 aliphatic rings. The Morgan fingerprint density at radius 3 is 2.83 bits per heavy atom. The second-order valence-corrected chi connectivity index (χ2v) is 7.91. The highest BCUT2D eigenvalue weighted by Crippen LogP contribution is 2.15. The Hall–Kier alpha value is -1.67. The summed E-state index contributed by atoms with van der Waals surface area (Å²) in [4.78, 5) is 5.85. The molecule has 0 amide bonds. The number of sulfone groups is 1. The van der Waals surface area contributed by atoms with Crippen LogP contribution >= 0.6 is 0 Å². The van der Waals surface area contributed by atoms with Gasteiger partial charge in [-0.3, -0.25) is 4.99 Å². The van der Waals surface area contributed by atoms with E-state index in [-0.39, 0.29) is 17.2 Å². The Bertz CT molecular complexity index is 673. The molecule has 0 spiro atoms. The highest BCUT2D eigenvalue weighted by atomic mass is 32.2. The van der Waals surface area contributed by atoms with Crippen LogP contribution in [0.5, 0.6) is 0 Å². The van der Waals surface area contributed by atoms with Crippen molar-refractivity contribution in [3.8, 4) is 0 Å². The molecule has 1 saturated heterocycles. The van der Waals surface area contributed by atoms with Crippen molar-refractivity contribution in [2.45, 2.75) is 11.3 Å². The van der Waals surface area contributed by atoms with Crippen LogP contribution in [-0.4, -0.2) is 65.4 Å². The van der Waals surface area contributed by atoms with E-state index < -0.39 is 15.7 Å². The summed E-state index contributed by atoms with van der Waals surface area (Å²) >= 11 is 0. The summed E-state index contributed by atoms with van der Waals surface area (Å²) in [5.41, 5.74) is 0. The smallest absolute Gasteiger partial charge is 0.193 e. The first-order chi connectivity index (χ1) is 11.4. The molecule has 1 aliphatic heterocycles. The van der Waals surface area contributed by atoms with Crippen LogP contribution in [0.2, 0.25) is 0 Å². The Kier molecular flexibility index (Phi) is 6.56. The number of hydrogen-bond donors (Lipinski definition) is 1. The van der Waals surface area contributed by atoms with E-state index in [0.29, 0.717) is 11.9 Å². The van der Waals surface area contributed by atoms with Gasteiger partial charge in [0.25, 0.3) is 0 Å². The van der Waals surface area contributed by atoms with E-state index in [0.717, 1.165) is 32.2 Å². The van der Waals surface area contributed by atoms with Crippen molar-refractivity contribution < 1.29 is 17.5 Å². The number of aliphatic imine (C=N–C) groups is 1. The molecule has 1 atom stereocenters. The largest absolute Gasteiger partial charge is 0.381 e. The molecule has 1 heterocycles. The van der Waals surface area contributed by atoms with Crippen molar-refractivity contribution in [1.29, 1.82) is 0 Å². The first-order valence-electron chi connectivity index (χ1n) is 7.91. The number of ether oxygens (including phenoxy) is 1. The predicted octanol–water partition coefficient (Wildman–Crippen LogP) is 1.14. The first kappa shape index (κ1) is 18.7. The third kappa shape index (κ3) is 4.91. The van der Waals surface area contributed by atoms with Gasteiger partial charge in [0.05, 0.1) is 12.4 Å². The number of nitrogens with one attached hydrogen (secondary N) is 1. The summed E-state index contributed by atoms with van der Waals surface area (Å²) in [6, 6.07) is 5.41. The lowest BCUT2D eigenvalue weighted by molar-refractivity contribution is 0.181. The topological polar surface area (TPSA) is 71.0 Å². The number of benzene rings is 1. The average Bonchev–Trinajstić information content (AvgIpc) is 3.04. The van der Waals surface area contributed by atoms with Crippen molar-refractivity contribution in [2.75, 3.05) is 46.2 Å². The number of nitrogens with zero attached hydrogens (tertiary/aromatic N) is 2. The maximum absolute atomic E-state index is 13.6. The van der Waals surface area contributed by atoms with E-state index in [9.17, 15) is 12.8 Å². The van der Waals surface area contributed by atoms with Crippen molar-refractivity contribution >= 4 is 15.8 Å². The van der Waals surface area contributed by atoms with E-state index in [4.69, 9.17) is 4.74 Å². The zero-order valence-electron chi connectivity index (χ0n) is 14.0. The monoisotopic (exact) mass is 357 g/mol. The van der Waals surface area contributed by atoms with Crippen LogP contribution in [0.4, 0.5) is 4.39 Å². The molecule has 0 saturated carbocycles. The Morgan fingerprint density at radius 1 is 1.46 bits per heavy atom. The van der Waals surface area contributed by atoms with Gasteiger partial charge >= 0.3 is 0 Å². The maximum atomic E-state index is 13.6. The molecule has 8 heteroatoms. The zero-order valence-corrected chi connectivity index (χ0v) is 14.9. The fraction of sp³-hybridized carbons (Fsp3) is 0.562. The maximum Gasteiger partial charge on any atom is 0.193 e. The standard InChI is InChI=1S/C16H24FN3O3S/c1-18-16(20(2)11-13-7-9-23-12-13)19-8-10-24(21,22)15-6-4-3-5-14(15)17/h3-6,13H,7-12H2,1-2H3,(H,18,19). The number of guanidine groups is 1. The fourth-order valence-electron chi connectivity index (χ4n) is 2.69. The van der Waals surface area contributed by atoms with Crippen LogP contribution in [0.15, 0.2) is 34.2 Å². The molecule has 1 fully saturated rings. The lowest BCUT2D eigenvalue weighted by Crippen LogP contribution is -2.43. The third-order valence-corrected chi connectivity index (χ3v) is 5.70. The molecule has 24 heavy (non-hydrogen) atoms. The van der Waals surface area contributed by atoms with Crippen LogP contribution in [0.1, 0.15) is 6.42 Å². The summed E-state index contributed by atoms with van der Waals surface area (Å²) in [5, 5.41) is 3.02. The fourth-order valence-corrected chi connectivity index (χ4v) is 3.93. The van der Waals surface area contributed by atoms with Crippen molar-refractivity contribution in [2.24, 2.45) is 10.9 Å². The molecular formula is C16H24FN3O3S. The minimum absolute atomic E-state index is 0.162. The molecule has 2 rings (SSSR count). The molecule has 0 aliphatic carbocycles. The van der Waals surface area contributed by atoms with E-state index in [2.05, 4.69) is 10.3 Å². The summed E-state index contributed by atoms with van der Waals surface area (Å²) in [6.07, 6.45) is 1.02. The second kappa shape index (κ2) is 8.43. The van der Waals surface area contributed by atoms with Gasteiger partial charge < -0.3 is 15.0 Å². The van der Waals surface area contributed by atoms with Crippen molar-refractivity contribution in [3.63, 3.8) is 0 Å². The van der Waals surface area contributed by atoms with Gasteiger partial charge in [-0.25, -0.2) is 12.8 Å². The number of rotatable bonds is 6. The van der Waals surface area contributed by atoms with Gasteiger partial charge in [-0.05, 0) is 18.6 Å². The minimum Gasteiger partial charge on any atom is -0.381 e. The normalized spacial score (nSPS) is 18.6. The van der Waals surface area contributed by atoms with Crippen LogP contribution in [-0.2, 0) is 14.6 Å². The van der Waals surface area contributed by atoms with E-state index >= 15 is 0 Å². The SMILES string of the molecule is CN=C(NCCS(=O)(=O)c1ccccc1F)N(C)CC1CCOC1. The van der Waals surface area contributed by atoms with Gasteiger partial charge in [0.15, 0.2) is 15.8 Å². The summed E-state index contributed by atoms with van der Waals surface area (Å²) in [7, 11) is -0.124. The minimum atomic E-state index is -3.67. The lowest BCUT2D eigenvalue weighted by Gasteiger charge is -2.24. The molecule has 1 N–H and O–H groups in total. The molecule has 0 bridgehead atoms. The van der Waals surface area contributed by atoms with E-state index in [1.165, 1.54) is 18.2 Å². The van der Waals surface area contributed by atoms with Crippen molar-refractivity contribution in [1.82, 2.24) is 10.2 Å². The van der Waals surface area contributed by atoms with Gasteiger partial charge in [-0.2, -0.15) is 0 Å². The van der Waals surface area contributed by atoms with Crippen LogP contribution in [0.3, 0.4) is 0 Å². The molecule has 6 nitrogen and oxygen atoms in total. The van der Waals surface area contributed by atoms with Gasteiger partial charge in [0.2, 0.25) is 0 Å². The molecule has 134 valence electrons. The molecular weight excluding hydrogens is 333 g/mol. The highest BCUT2D eigenvalue weighted by molar-refractivity contribution is 7.91. The number of hydrogen-bond acceptors (Lipinski definition) is 4. The van der Waals surface area contributed by atoms with E-state index in [1.807, 2.05) is 11.9 Å². The van der Waals surface area contributed by atoms with E-state index in [1.54, 1.807) is 7.05 Å². The van der Waals surface area contributed by atoms with Gasteiger partial charge in [0, 0.05) is 39.7 Å². The van der Waals surface area contributed by atoms with Gasteiger partial charge in [-0.15, -0.1) is 0 Å². The quantitative estimate of drug-likeness (QED) is 0.611. The summed E-state index contributed by atoms with van der Waals surface area (Å²) in [5.74, 6) is 0.148. The molecule has 0 aromatic heterocycles. The number of halogens is 1. The Labute approximate surface area is 142 Å². The Balaban J connectivity index is 1.88. The molecule has 0 radical (unpaired) electrons. The average molecular weight is 357 g/mol. The van der Waals surface area contributed by atoms with Crippen molar-refractivity contribution in [3.05, 3.63) is 30.1 Å². The third-order valence-electron chi connectivity index (χ3n) is 3.96. The Morgan fingerprint density at radius 2 is 2.21 bits per heavy atom. The molecule has 1 aromatic carbocycles. The molecule has 1 unspecified atom stereocenters. The second-order valence-electron chi connectivity index (χ2n) is 5.83. The van der Waals surface area contributed by atoms with Gasteiger partial charge in [0.1, 0.15) is 10.7 Å². The molecule has 1 aromatic rings. The van der Waals surface area contributed by atoms with Crippen LogP contribution < -0.4 is 5.32 Å². The summed E-state index contributed by atoms with van der Waals surface area (Å²) < 4.78 is 43.4. The first-order valence-corrected chi connectivity index (χ1v) is 9.56. The lowest BCUT2D eigenvalue weighted by atomic mass is 10.1. The highest BCUT2D eigenvalue weighted by Gasteiger charge is 2.21. The van der Waals surface area contributed by atoms with Gasteiger partial charge in [-0.1, -0.05) is 12.1 Å².